The molecule has 2 aromatic carbocycles. The van der Waals surface area contributed by atoms with Crippen molar-refractivity contribution in [2.75, 3.05) is 5.32 Å². The second-order valence-electron chi connectivity index (χ2n) is 6.30. The number of hydrogen-bond acceptors (Lipinski definition) is 5. The zero-order chi connectivity index (χ0) is 20.5. The van der Waals surface area contributed by atoms with E-state index in [1.54, 1.807) is 25.1 Å². The van der Waals surface area contributed by atoms with Crippen LogP contribution in [0.25, 0.3) is 22.5 Å². The third-order valence-electron chi connectivity index (χ3n) is 4.35. The lowest BCUT2D eigenvalue weighted by atomic mass is 10.1. The van der Waals surface area contributed by atoms with Gasteiger partial charge in [-0.25, -0.2) is 4.98 Å². The van der Waals surface area contributed by atoms with E-state index >= 15 is 0 Å². The first-order chi connectivity index (χ1) is 14.0. The highest BCUT2D eigenvalue weighted by molar-refractivity contribution is 7.16. The number of hydrogen-bond donors (Lipinski definition) is 1. The maximum Gasteiger partial charge on any atom is 0.263 e. The van der Waals surface area contributed by atoms with E-state index in [0.29, 0.717) is 32.2 Å². The van der Waals surface area contributed by atoms with Gasteiger partial charge in [0, 0.05) is 16.0 Å². The third kappa shape index (κ3) is 3.79. The van der Waals surface area contributed by atoms with Crippen molar-refractivity contribution in [3.05, 3.63) is 74.8 Å². The van der Waals surface area contributed by atoms with Gasteiger partial charge in [-0.1, -0.05) is 64.8 Å². The lowest BCUT2D eigenvalue weighted by molar-refractivity contribution is 0.102. The number of nitrogens with zero attached hydrogens (tertiary/aromatic N) is 2. The van der Waals surface area contributed by atoms with Gasteiger partial charge in [0.2, 0.25) is 0 Å². The van der Waals surface area contributed by atoms with Crippen LogP contribution in [0.1, 0.15) is 21.0 Å². The van der Waals surface area contributed by atoms with E-state index in [-0.39, 0.29) is 11.5 Å². The first-order valence-corrected chi connectivity index (χ1v) is 10.3. The van der Waals surface area contributed by atoms with Crippen LogP contribution in [0.15, 0.2) is 53.1 Å². The molecule has 0 fully saturated rings. The molecule has 29 heavy (non-hydrogen) atoms. The molecular formula is C21H15Cl2N3O2S. The molecule has 2 heterocycles. The Kier molecular flexibility index (Phi) is 5.41. The summed E-state index contributed by atoms with van der Waals surface area (Å²) in [6.45, 7) is 3.63. The van der Waals surface area contributed by atoms with Crippen LogP contribution in [0.4, 0.5) is 5.13 Å². The van der Waals surface area contributed by atoms with Gasteiger partial charge in [-0.3, -0.25) is 10.1 Å². The van der Waals surface area contributed by atoms with E-state index in [2.05, 4.69) is 15.5 Å². The van der Waals surface area contributed by atoms with Crippen molar-refractivity contribution in [2.45, 2.75) is 13.8 Å². The number of rotatable bonds is 4. The van der Waals surface area contributed by atoms with Gasteiger partial charge in [0.25, 0.3) is 5.91 Å². The first-order valence-electron chi connectivity index (χ1n) is 8.70. The molecule has 2 aromatic heterocycles. The van der Waals surface area contributed by atoms with Crippen molar-refractivity contribution in [3.63, 3.8) is 0 Å². The molecule has 1 amide bonds. The van der Waals surface area contributed by atoms with Gasteiger partial charge in [-0.05, 0) is 26.0 Å². The van der Waals surface area contributed by atoms with Crippen molar-refractivity contribution >= 4 is 45.6 Å². The molecule has 0 saturated carbocycles. The molecule has 4 aromatic rings. The molecular weight excluding hydrogens is 429 g/mol. The molecule has 0 spiro atoms. The van der Waals surface area contributed by atoms with Crippen molar-refractivity contribution < 1.29 is 9.32 Å². The zero-order valence-corrected chi connectivity index (χ0v) is 17.8. The number of nitrogens with one attached hydrogen (secondary N) is 1. The Morgan fingerprint density at radius 1 is 1.00 bits per heavy atom. The van der Waals surface area contributed by atoms with E-state index in [4.69, 9.17) is 27.7 Å². The molecule has 1 N–H and O–H groups in total. The van der Waals surface area contributed by atoms with Gasteiger partial charge < -0.3 is 4.52 Å². The number of benzene rings is 2. The minimum absolute atomic E-state index is 0.272. The quantitative estimate of drug-likeness (QED) is 0.383. The molecule has 0 atom stereocenters. The van der Waals surface area contributed by atoms with Gasteiger partial charge in [-0.2, -0.15) is 0 Å². The van der Waals surface area contributed by atoms with E-state index in [0.717, 1.165) is 16.1 Å². The Hall–Kier alpha value is -2.67. The molecule has 146 valence electrons. The minimum atomic E-state index is -0.386. The molecule has 0 aliphatic heterocycles. The van der Waals surface area contributed by atoms with Crippen molar-refractivity contribution in [1.29, 1.82) is 0 Å². The van der Waals surface area contributed by atoms with Crippen LogP contribution in [0.3, 0.4) is 0 Å². The van der Waals surface area contributed by atoms with Crippen LogP contribution in [-0.2, 0) is 0 Å². The fourth-order valence-corrected chi connectivity index (χ4v) is 4.41. The average Bonchev–Trinajstić information content (AvgIpc) is 3.25. The summed E-state index contributed by atoms with van der Waals surface area (Å²) in [6.07, 6.45) is 0. The summed E-state index contributed by atoms with van der Waals surface area (Å²) in [5.41, 5.74) is 2.85. The minimum Gasteiger partial charge on any atom is -0.360 e. The predicted octanol–water partition coefficient (Wildman–Crippen LogP) is 6.64. The van der Waals surface area contributed by atoms with E-state index in [1.165, 1.54) is 11.3 Å². The summed E-state index contributed by atoms with van der Waals surface area (Å²) in [7, 11) is 0. The Balaban J connectivity index is 1.68. The van der Waals surface area contributed by atoms with Crippen molar-refractivity contribution in [2.24, 2.45) is 0 Å². The van der Waals surface area contributed by atoms with Crippen LogP contribution in [0, 0.1) is 13.8 Å². The number of thiazole rings is 1. The second-order valence-corrected chi connectivity index (χ2v) is 8.32. The monoisotopic (exact) mass is 443 g/mol. The van der Waals surface area contributed by atoms with Gasteiger partial charge in [0.1, 0.15) is 17.0 Å². The molecule has 0 radical (unpaired) electrons. The summed E-state index contributed by atoms with van der Waals surface area (Å²) in [4.78, 5) is 18.6. The summed E-state index contributed by atoms with van der Waals surface area (Å²) in [6, 6.07) is 14.9. The highest BCUT2D eigenvalue weighted by Crippen LogP contribution is 2.37. The number of anilines is 1. The highest BCUT2D eigenvalue weighted by atomic mass is 35.5. The fourth-order valence-electron chi connectivity index (χ4n) is 3.01. The maximum absolute atomic E-state index is 13.0. The third-order valence-corrected chi connectivity index (χ3v) is 5.87. The van der Waals surface area contributed by atoms with Crippen LogP contribution < -0.4 is 5.32 Å². The van der Waals surface area contributed by atoms with E-state index < -0.39 is 0 Å². The smallest absolute Gasteiger partial charge is 0.263 e. The summed E-state index contributed by atoms with van der Waals surface area (Å²) in [5.74, 6) is -0.0202. The number of carbonyl (C=O) groups excluding carboxylic acids is 1. The molecule has 4 rings (SSSR count). The Labute approximate surface area is 181 Å². The molecule has 0 saturated heterocycles. The van der Waals surface area contributed by atoms with E-state index in [9.17, 15) is 4.79 Å². The van der Waals surface area contributed by atoms with Gasteiger partial charge >= 0.3 is 0 Å². The van der Waals surface area contributed by atoms with Gasteiger partial charge in [0.15, 0.2) is 5.13 Å². The Bertz CT molecular complexity index is 1180. The molecule has 5 nitrogen and oxygen atoms in total. The van der Waals surface area contributed by atoms with Gasteiger partial charge in [0.05, 0.1) is 15.7 Å². The van der Waals surface area contributed by atoms with E-state index in [1.807, 2.05) is 37.3 Å². The largest absolute Gasteiger partial charge is 0.360 e. The summed E-state index contributed by atoms with van der Waals surface area (Å²) >= 11 is 14.0. The fraction of sp³-hybridized carbons (Fsp3) is 0.0952. The Morgan fingerprint density at radius 2 is 1.69 bits per heavy atom. The normalized spacial score (nSPS) is 10.9. The van der Waals surface area contributed by atoms with Crippen molar-refractivity contribution in [1.82, 2.24) is 10.1 Å². The molecule has 0 bridgehead atoms. The highest BCUT2D eigenvalue weighted by Gasteiger charge is 2.25. The average molecular weight is 444 g/mol. The summed E-state index contributed by atoms with van der Waals surface area (Å²) < 4.78 is 5.27. The van der Waals surface area contributed by atoms with Gasteiger partial charge in [-0.15, -0.1) is 11.3 Å². The number of aryl methyl sites for hydroxylation is 2. The molecule has 0 aliphatic rings. The molecule has 8 heteroatoms. The number of aromatic nitrogens is 2. The lowest BCUT2D eigenvalue weighted by Gasteiger charge is -2.06. The number of halogens is 2. The number of amides is 1. The molecule has 0 unspecified atom stereocenters. The lowest BCUT2D eigenvalue weighted by Crippen LogP contribution is -2.13. The zero-order valence-electron chi connectivity index (χ0n) is 15.5. The predicted molar refractivity (Wildman–Crippen MR) is 117 cm³/mol. The van der Waals surface area contributed by atoms with Crippen LogP contribution in [0.5, 0.6) is 0 Å². The topological polar surface area (TPSA) is 68.0 Å². The van der Waals surface area contributed by atoms with Crippen LogP contribution >= 0.6 is 34.5 Å². The SMILES string of the molecule is Cc1onc(-c2c(Cl)cccc2Cl)c1C(=O)Nc1nc(-c2ccccc2)c(C)s1. The number of carbonyl (C=O) groups is 1. The Morgan fingerprint density at radius 3 is 2.38 bits per heavy atom. The second kappa shape index (κ2) is 7.99. The standard InChI is InChI=1S/C21H15Cl2N3O2S/c1-11-16(19(26-28-11)17-14(22)9-6-10-15(17)23)20(27)25-21-24-18(12(2)29-21)13-7-4-3-5-8-13/h3-10H,1-2H3,(H,24,25,27). The van der Waals surface area contributed by atoms with Crippen LogP contribution in [-0.4, -0.2) is 16.0 Å². The van der Waals surface area contributed by atoms with Crippen LogP contribution in [0.2, 0.25) is 10.0 Å². The maximum atomic E-state index is 13.0. The first kappa shape index (κ1) is 19.6. The molecule has 0 aliphatic carbocycles. The van der Waals surface area contributed by atoms with Crippen molar-refractivity contribution in [3.8, 4) is 22.5 Å². The summed E-state index contributed by atoms with van der Waals surface area (Å²) in [5, 5.41) is 8.13.